The molecule has 13 heavy (non-hydrogen) atoms. The Balaban J connectivity index is 2.70. The van der Waals surface area contributed by atoms with Gasteiger partial charge >= 0.3 is 8.60 Å². The average Bonchev–Trinajstić information content (AvgIpc) is 2.04. The van der Waals surface area contributed by atoms with Gasteiger partial charge in [0.15, 0.2) is 0 Å². The van der Waals surface area contributed by atoms with E-state index in [4.69, 9.17) is 14.3 Å². The Bertz CT molecular complexity index is 261. The lowest BCUT2D eigenvalue weighted by atomic mass is 10.3. The van der Waals surface area contributed by atoms with E-state index in [0.29, 0.717) is 5.75 Å². The van der Waals surface area contributed by atoms with E-state index in [9.17, 15) is 0 Å². The molecule has 0 heterocycles. The minimum absolute atomic E-state index is 0.460. The Labute approximate surface area is 78.4 Å². The van der Waals surface area contributed by atoms with Gasteiger partial charge in [-0.05, 0) is 24.3 Å². The summed E-state index contributed by atoms with van der Waals surface area (Å²) in [7, 11) is 1.55. The summed E-state index contributed by atoms with van der Waals surface area (Å²) >= 11 is 0. The van der Waals surface area contributed by atoms with Crippen LogP contribution >= 0.6 is 8.60 Å². The van der Waals surface area contributed by atoms with Crippen molar-refractivity contribution < 1.29 is 14.3 Å². The van der Waals surface area contributed by atoms with E-state index in [1.54, 1.807) is 12.1 Å². The van der Waals surface area contributed by atoms with Crippen molar-refractivity contribution in [1.29, 1.82) is 0 Å². The molecule has 0 aromatic heterocycles. The highest BCUT2D eigenvalue weighted by atomic mass is 31.2. The third-order valence-electron chi connectivity index (χ3n) is 1.54. The second-order valence-corrected chi connectivity index (χ2v) is 3.42. The van der Waals surface area contributed by atoms with Gasteiger partial charge in [-0.15, -0.1) is 0 Å². The van der Waals surface area contributed by atoms with Crippen LogP contribution in [0.25, 0.3) is 0 Å². The molecule has 1 rings (SSSR count). The maximum absolute atomic E-state index is 8.57. The van der Waals surface area contributed by atoms with Crippen LogP contribution in [-0.4, -0.2) is 23.9 Å². The molecule has 0 fully saturated rings. The molecule has 0 saturated heterocycles. The first-order valence-electron chi connectivity index (χ1n) is 3.73. The third-order valence-corrected chi connectivity index (χ3v) is 1.91. The fraction of sp³-hybridized carbons (Fsp3) is 0.250. The Morgan fingerprint density at radius 1 is 1.15 bits per heavy atom. The molecule has 0 aliphatic carbocycles. The van der Waals surface area contributed by atoms with Gasteiger partial charge in [0.1, 0.15) is 5.75 Å². The van der Waals surface area contributed by atoms with Crippen LogP contribution in [0.4, 0.5) is 5.69 Å². The van der Waals surface area contributed by atoms with E-state index in [1.165, 1.54) is 0 Å². The van der Waals surface area contributed by atoms with E-state index in [0.717, 1.165) is 5.69 Å². The SMILES string of the molecule is CN(C)c1ccc(OP(O)O)cc1. The molecule has 0 aliphatic heterocycles. The molecule has 0 aliphatic rings. The topological polar surface area (TPSA) is 52.9 Å². The zero-order valence-corrected chi connectivity index (χ0v) is 8.40. The molecular formula is C8H12NO3P. The highest BCUT2D eigenvalue weighted by Gasteiger charge is 2.02. The van der Waals surface area contributed by atoms with Crippen LogP contribution in [0.1, 0.15) is 0 Å². The molecule has 0 saturated carbocycles. The number of anilines is 1. The maximum atomic E-state index is 8.57. The fourth-order valence-corrected chi connectivity index (χ4v) is 1.21. The molecule has 72 valence electrons. The van der Waals surface area contributed by atoms with Crippen LogP contribution in [0.5, 0.6) is 5.75 Å². The highest BCUT2D eigenvalue weighted by Crippen LogP contribution is 2.29. The van der Waals surface area contributed by atoms with Crippen molar-refractivity contribution in [2.24, 2.45) is 0 Å². The summed E-state index contributed by atoms with van der Waals surface area (Å²) in [6.45, 7) is 0. The largest absolute Gasteiger partial charge is 0.427 e. The van der Waals surface area contributed by atoms with E-state index in [2.05, 4.69) is 0 Å². The lowest BCUT2D eigenvalue weighted by molar-refractivity contribution is 0.375. The Hall–Kier alpha value is -0.830. The minimum atomic E-state index is -2.32. The summed E-state index contributed by atoms with van der Waals surface area (Å²) in [6.07, 6.45) is 0. The molecule has 0 bridgehead atoms. The quantitative estimate of drug-likeness (QED) is 0.724. The molecule has 0 spiro atoms. The molecule has 0 radical (unpaired) electrons. The Kier molecular flexibility index (Phi) is 3.48. The van der Waals surface area contributed by atoms with Crippen LogP contribution < -0.4 is 9.42 Å². The van der Waals surface area contributed by atoms with Gasteiger partial charge in [0.2, 0.25) is 0 Å². The lowest BCUT2D eigenvalue weighted by Gasteiger charge is -2.12. The first-order valence-corrected chi connectivity index (χ1v) is 4.89. The number of rotatable bonds is 3. The van der Waals surface area contributed by atoms with Crippen molar-refractivity contribution in [3.05, 3.63) is 24.3 Å². The van der Waals surface area contributed by atoms with Crippen LogP contribution in [-0.2, 0) is 0 Å². The van der Waals surface area contributed by atoms with Crippen LogP contribution in [0, 0.1) is 0 Å². The molecule has 4 nitrogen and oxygen atoms in total. The van der Waals surface area contributed by atoms with Gasteiger partial charge in [-0.1, -0.05) is 0 Å². The van der Waals surface area contributed by atoms with Crippen LogP contribution in [0.2, 0.25) is 0 Å². The van der Waals surface area contributed by atoms with Crippen molar-refractivity contribution >= 4 is 14.3 Å². The summed E-state index contributed by atoms with van der Waals surface area (Å²) in [5.74, 6) is 0.460. The number of benzene rings is 1. The van der Waals surface area contributed by atoms with Gasteiger partial charge in [0.05, 0.1) is 0 Å². The molecule has 5 heteroatoms. The fourth-order valence-electron chi connectivity index (χ4n) is 0.899. The number of hydrogen-bond acceptors (Lipinski definition) is 4. The number of hydrogen-bond donors (Lipinski definition) is 2. The Morgan fingerprint density at radius 3 is 2.08 bits per heavy atom. The van der Waals surface area contributed by atoms with Crippen molar-refractivity contribution in [2.45, 2.75) is 0 Å². The van der Waals surface area contributed by atoms with E-state index >= 15 is 0 Å². The van der Waals surface area contributed by atoms with Gasteiger partial charge in [0.25, 0.3) is 0 Å². The van der Waals surface area contributed by atoms with Gasteiger partial charge < -0.3 is 19.2 Å². The zero-order valence-electron chi connectivity index (χ0n) is 7.51. The Morgan fingerprint density at radius 2 is 1.69 bits per heavy atom. The van der Waals surface area contributed by atoms with Crippen molar-refractivity contribution in [2.75, 3.05) is 19.0 Å². The van der Waals surface area contributed by atoms with Gasteiger partial charge in [-0.3, -0.25) is 0 Å². The van der Waals surface area contributed by atoms with Gasteiger partial charge in [-0.25, -0.2) is 0 Å². The summed E-state index contributed by atoms with van der Waals surface area (Å²) in [4.78, 5) is 19.1. The predicted octanol–water partition coefficient (Wildman–Crippen LogP) is 1.34. The second-order valence-electron chi connectivity index (χ2n) is 2.73. The molecule has 2 N–H and O–H groups in total. The highest BCUT2D eigenvalue weighted by molar-refractivity contribution is 7.39. The molecule has 1 aromatic carbocycles. The molecule has 1 aromatic rings. The van der Waals surface area contributed by atoms with E-state index in [1.807, 2.05) is 31.1 Å². The predicted molar refractivity (Wildman–Crippen MR) is 52.8 cm³/mol. The summed E-state index contributed by atoms with van der Waals surface area (Å²) < 4.78 is 4.71. The van der Waals surface area contributed by atoms with Crippen LogP contribution in [0.15, 0.2) is 24.3 Å². The first kappa shape index (κ1) is 10.3. The molecule has 0 amide bonds. The smallest absolute Gasteiger partial charge is 0.391 e. The molecular weight excluding hydrogens is 189 g/mol. The first-order chi connectivity index (χ1) is 6.09. The standard InChI is InChI=1S/C8H12NO3P/c1-9(2)7-3-5-8(6-4-7)12-13(10)11/h3-6,10-11H,1-2H3. The second kappa shape index (κ2) is 4.42. The minimum Gasteiger partial charge on any atom is -0.427 e. The van der Waals surface area contributed by atoms with Gasteiger partial charge in [0, 0.05) is 19.8 Å². The normalized spacial score (nSPS) is 10.2. The van der Waals surface area contributed by atoms with E-state index in [-0.39, 0.29) is 0 Å². The maximum Gasteiger partial charge on any atom is 0.391 e. The summed E-state index contributed by atoms with van der Waals surface area (Å²) in [6, 6.07) is 7.07. The summed E-state index contributed by atoms with van der Waals surface area (Å²) in [5, 5.41) is 0. The molecule has 0 unspecified atom stereocenters. The summed E-state index contributed by atoms with van der Waals surface area (Å²) in [5.41, 5.74) is 1.03. The third kappa shape index (κ3) is 3.19. The lowest BCUT2D eigenvalue weighted by Crippen LogP contribution is -2.07. The average molecular weight is 201 g/mol. The van der Waals surface area contributed by atoms with E-state index < -0.39 is 8.60 Å². The zero-order chi connectivity index (χ0) is 9.84. The van der Waals surface area contributed by atoms with Crippen LogP contribution in [0.3, 0.4) is 0 Å². The number of nitrogens with zero attached hydrogens (tertiary/aromatic N) is 1. The van der Waals surface area contributed by atoms with Crippen molar-refractivity contribution in [1.82, 2.24) is 0 Å². The monoisotopic (exact) mass is 201 g/mol. The van der Waals surface area contributed by atoms with Crippen molar-refractivity contribution in [3.63, 3.8) is 0 Å². The van der Waals surface area contributed by atoms with Crippen molar-refractivity contribution in [3.8, 4) is 5.75 Å². The van der Waals surface area contributed by atoms with Gasteiger partial charge in [-0.2, -0.15) is 0 Å². The molecule has 0 atom stereocenters.